The first-order valence-corrected chi connectivity index (χ1v) is 5.25. The van der Waals surface area contributed by atoms with E-state index in [1.165, 1.54) is 38.5 Å². The van der Waals surface area contributed by atoms with Crippen molar-refractivity contribution in [2.45, 2.75) is 59.3 Å². The lowest BCUT2D eigenvalue weighted by atomic mass is 9.57. The molecule has 0 aliphatic heterocycles. The van der Waals surface area contributed by atoms with Gasteiger partial charge in [0.1, 0.15) is 0 Å². The van der Waals surface area contributed by atoms with Gasteiger partial charge in [0.15, 0.2) is 0 Å². The zero-order chi connectivity index (χ0) is 8.32. The van der Waals surface area contributed by atoms with Crippen molar-refractivity contribution in [1.82, 2.24) is 0 Å². The summed E-state index contributed by atoms with van der Waals surface area (Å²) < 4.78 is 0. The van der Waals surface area contributed by atoms with Crippen molar-refractivity contribution in [2.24, 2.45) is 11.3 Å². The van der Waals surface area contributed by atoms with Crippen LogP contribution in [0.3, 0.4) is 0 Å². The highest BCUT2D eigenvalue weighted by Gasteiger charge is 2.41. The summed E-state index contributed by atoms with van der Waals surface area (Å²) in [6, 6.07) is 0. The summed E-state index contributed by atoms with van der Waals surface area (Å²) in [5, 5.41) is 0. The first-order valence-electron chi connectivity index (χ1n) is 5.25. The van der Waals surface area contributed by atoms with Gasteiger partial charge >= 0.3 is 0 Å². The third kappa shape index (κ3) is 1.60. The Labute approximate surface area is 71.4 Å². The molecule has 0 heteroatoms. The van der Waals surface area contributed by atoms with Gasteiger partial charge in [-0.3, -0.25) is 0 Å². The van der Waals surface area contributed by atoms with E-state index in [4.69, 9.17) is 0 Å². The fourth-order valence-electron chi connectivity index (χ4n) is 2.44. The smallest absolute Gasteiger partial charge is 0.0274 e. The molecule has 0 amide bonds. The van der Waals surface area contributed by atoms with Crippen LogP contribution in [-0.2, 0) is 0 Å². The van der Waals surface area contributed by atoms with E-state index in [0.717, 1.165) is 11.3 Å². The molecule has 0 spiro atoms. The zero-order valence-electron chi connectivity index (χ0n) is 8.32. The quantitative estimate of drug-likeness (QED) is 0.574. The van der Waals surface area contributed by atoms with Crippen LogP contribution in [0.5, 0.6) is 0 Å². The molecule has 0 nitrogen and oxygen atoms in total. The van der Waals surface area contributed by atoms with Crippen molar-refractivity contribution in [2.75, 3.05) is 0 Å². The van der Waals surface area contributed by atoms with Crippen LogP contribution in [-0.4, -0.2) is 0 Å². The minimum absolute atomic E-state index is 0.774. The molecule has 0 radical (unpaired) electrons. The maximum absolute atomic E-state index is 2.43. The molecule has 1 saturated carbocycles. The fraction of sp³-hybridized carbons (Fsp3) is 1.00. The molecule has 0 N–H and O–H groups in total. The molecule has 1 aliphatic rings. The molecule has 2 atom stereocenters. The first kappa shape index (κ1) is 9.09. The lowest BCUT2D eigenvalue weighted by Crippen LogP contribution is -2.37. The molecule has 0 aromatic heterocycles. The largest absolute Gasteiger partial charge is 0.0654 e. The van der Waals surface area contributed by atoms with Gasteiger partial charge in [0.05, 0.1) is 0 Å². The molecule has 1 fully saturated rings. The van der Waals surface area contributed by atoms with Crippen LogP contribution in [0.1, 0.15) is 59.3 Å². The zero-order valence-corrected chi connectivity index (χ0v) is 8.32. The lowest BCUT2D eigenvalue weighted by Gasteiger charge is -2.48. The summed E-state index contributed by atoms with van der Waals surface area (Å²) in [6.07, 6.45) is 8.70. The second-order valence-corrected chi connectivity index (χ2v) is 4.26. The van der Waals surface area contributed by atoms with E-state index >= 15 is 0 Å². The van der Waals surface area contributed by atoms with E-state index in [9.17, 15) is 0 Å². The predicted molar refractivity (Wildman–Crippen MR) is 50.6 cm³/mol. The number of rotatable bonds is 4. The summed E-state index contributed by atoms with van der Waals surface area (Å²) in [7, 11) is 0. The molecule has 1 aliphatic carbocycles. The third-order valence-electron chi connectivity index (χ3n) is 3.85. The SMILES string of the molecule is CCCCC1(CC)CCC1C. The Morgan fingerprint density at radius 1 is 1.36 bits per heavy atom. The van der Waals surface area contributed by atoms with Gasteiger partial charge in [0, 0.05) is 0 Å². The Bertz CT molecular complexity index is 113. The summed E-state index contributed by atoms with van der Waals surface area (Å²) in [6.45, 7) is 7.10. The molecule has 0 heterocycles. The normalized spacial score (nSPS) is 36.8. The molecule has 0 aromatic carbocycles. The van der Waals surface area contributed by atoms with E-state index in [0.29, 0.717) is 0 Å². The summed E-state index contributed by atoms with van der Waals surface area (Å²) in [5.41, 5.74) is 0.774. The number of unbranched alkanes of at least 4 members (excludes halogenated alkanes) is 1. The molecule has 11 heavy (non-hydrogen) atoms. The highest BCUT2D eigenvalue weighted by Crippen LogP contribution is 2.52. The van der Waals surface area contributed by atoms with Crippen LogP contribution in [0.4, 0.5) is 0 Å². The van der Waals surface area contributed by atoms with Crippen LogP contribution in [0.15, 0.2) is 0 Å². The van der Waals surface area contributed by atoms with Gasteiger partial charge in [-0.15, -0.1) is 0 Å². The van der Waals surface area contributed by atoms with Crippen molar-refractivity contribution in [1.29, 1.82) is 0 Å². The van der Waals surface area contributed by atoms with Gasteiger partial charge in [-0.1, -0.05) is 40.0 Å². The van der Waals surface area contributed by atoms with Crippen molar-refractivity contribution < 1.29 is 0 Å². The van der Waals surface area contributed by atoms with Crippen LogP contribution in [0, 0.1) is 11.3 Å². The van der Waals surface area contributed by atoms with Crippen molar-refractivity contribution >= 4 is 0 Å². The summed E-state index contributed by atoms with van der Waals surface area (Å²) in [4.78, 5) is 0. The molecular weight excluding hydrogens is 132 g/mol. The molecule has 66 valence electrons. The van der Waals surface area contributed by atoms with E-state index < -0.39 is 0 Å². The minimum Gasteiger partial charge on any atom is -0.0654 e. The van der Waals surface area contributed by atoms with Gasteiger partial charge in [-0.05, 0) is 30.6 Å². The Morgan fingerprint density at radius 2 is 2.09 bits per heavy atom. The monoisotopic (exact) mass is 154 g/mol. The van der Waals surface area contributed by atoms with Gasteiger partial charge < -0.3 is 0 Å². The molecule has 0 aromatic rings. The molecule has 0 saturated heterocycles. The van der Waals surface area contributed by atoms with E-state index in [1.54, 1.807) is 0 Å². The topological polar surface area (TPSA) is 0 Å². The predicted octanol–water partition coefficient (Wildman–Crippen LogP) is 4.00. The average Bonchev–Trinajstić information content (AvgIpc) is 2.04. The second kappa shape index (κ2) is 3.60. The first-order chi connectivity index (χ1) is 5.25. The third-order valence-corrected chi connectivity index (χ3v) is 3.85. The fourth-order valence-corrected chi connectivity index (χ4v) is 2.44. The van der Waals surface area contributed by atoms with Gasteiger partial charge in [0.2, 0.25) is 0 Å². The Hall–Kier alpha value is 0. The Kier molecular flexibility index (Phi) is 2.98. The Balaban J connectivity index is 2.35. The second-order valence-electron chi connectivity index (χ2n) is 4.26. The van der Waals surface area contributed by atoms with Crippen molar-refractivity contribution in [3.8, 4) is 0 Å². The standard InChI is InChI=1S/C11H22/c1-4-6-8-11(5-2)9-7-10(11)3/h10H,4-9H2,1-3H3. The molecular formula is C11H22. The van der Waals surface area contributed by atoms with Gasteiger partial charge in [-0.25, -0.2) is 0 Å². The minimum atomic E-state index is 0.774. The summed E-state index contributed by atoms with van der Waals surface area (Å²) >= 11 is 0. The summed E-state index contributed by atoms with van der Waals surface area (Å²) in [5.74, 6) is 1.01. The van der Waals surface area contributed by atoms with Crippen LogP contribution in [0.2, 0.25) is 0 Å². The maximum atomic E-state index is 2.43. The molecule has 2 unspecified atom stereocenters. The van der Waals surface area contributed by atoms with E-state index in [2.05, 4.69) is 20.8 Å². The van der Waals surface area contributed by atoms with Crippen molar-refractivity contribution in [3.05, 3.63) is 0 Å². The van der Waals surface area contributed by atoms with Gasteiger partial charge in [-0.2, -0.15) is 0 Å². The van der Waals surface area contributed by atoms with Crippen LogP contribution >= 0.6 is 0 Å². The Morgan fingerprint density at radius 3 is 2.36 bits per heavy atom. The lowest BCUT2D eigenvalue weighted by molar-refractivity contribution is 0.0267. The average molecular weight is 154 g/mol. The number of hydrogen-bond acceptors (Lipinski definition) is 0. The highest BCUT2D eigenvalue weighted by molar-refractivity contribution is 4.91. The van der Waals surface area contributed by atoms with Crippen molar-refractivity contribution in [3.63, 3.8) is 0 Å². The van der Waals surface area contributed by atoms with E-state index in [1.807, 2.05) is 0 Å². The van der Waals surface area contributed by atoms with Crippen LogP contribution < -0.4 is 0 Å². The maximum Gasteiger partial charge on any atom is -0.0274 e. The molecule has 1 rings (SSSR count). The highest BCUT2D eigenvalue weighted by atomic mass is 14.5. The van der Waals surface area contributed by atoms with E-state index in [-0.39, 0.29) is 0 Å². The number of hydrogen-bond donors (Lipinski definition) is 0. The molecule has 0 bridgehead atoms. The van der Waals surface area contributed by atoms with Gasteiger partial charge in [0.25, 0.3) is 0 Å². The van der Waals surface area contributed by atoms with Crippen LogP contribution in [0.25, 0.3) is 0 Å².